The summed E-state index contributed by atoms with van der Waals surface area (Å²) in [5.41, 5.74) is 3.88. The first-order valence-electron chi connectivity index (χ1n) is 10.1. The molecule has 0 aliphatic rings. The molecule has 0 aliphatic heterocycles. The van der Waals surface area contributed by atoms with E-state index in [0.717, 1.165) is 17.0 Å². The van der Waals surface area contributed by atoms with Gasteiger partial charge in [-0.3, -0.25) is 14.3 Å². The Hall–Kier alpha value is -3.79. The van der Waals surface area contributed by atoms with Crippen molar-refractivity contribution in [1.29, 1.82) is 5.26 Å². The summed E-state index contributed by atoms with van der Waals surface area (Å²) in [5, 5.41) is 12.3. The SMILES string of the molecule is Cc1cc(/C=C(\C#N)C(=O)Nc2c(C)n(C)n(-c3ccccc3)c2=O)c(C)n1C(C)C. The molecule has 7 heteroatoms. The molecule has 160 valence electrons. The molecule has 0 unspecified atom stereocenters. The van der Waals surface area contributed by atoms with Gasteiger partial charge in [-0.15, -0.1) is 0 Å². The molecule has 0 spiro atoms. The van der Waals surface area contributed by atoms with E-state index in [-0.39, 0.29) is 22.9 Å². The summed E-state index contributed by atoms with van der Waals surface area (Å²) < 4.78 is 5.31. The Morgan fingerprint density at radius 3 is 2.32 bits per heavy atom. The van der Waals surface area contributed by atoms with Crippen LogP contribution in [0.25, 0.3) is 11.8 Å². The second-order valence-electron chi connectivity index (χ2n) is 7.85. The van der Waals surface area contributed by atoms with Gasteiger partial charge in [-0.2, -0.15) is 5.26 Å². The fraction of sp³-hybridized carbons (Fsp3) is 0.292. The largest absolute Gasteiger partial charge is 0.346 e. The fourth-order valence-electron chi connectivity index (χ4n) is 3.94. The Morgan fingerprint density at radius 2 is 1.77 bits per heavy atom. The zero-order valence-corrected chi connectivity index (χ0v) is 18.7. The van der Waals surface area contributed by atoms with Gasteiger partial charge in [-0.05, 0) is 64.5 Å². The van der Waals surface area contributed by atoms with E-state index in [1.807, 2.05) is 56.3 Å². The Bertz CT molecular complexity index is 1260. The third-order valence-electron chi connectivity index (χ3n) is 5.50. The summed E-state index contributed by atoms with van der Waals surface area (Å²) in [6.45, 7) is 9.88. The van der Waals surface area contributed by atoms with Gasteiger partial charge in [0.1, 0.15) is 17.3 Å². The third kappa shape index (κ3) is 3.97. The summed E-state index contributed by atoms with van der Waals surface area (Å²) in [6.07, 6.45) is 1.57. The average molecular weight is 418 g/mol. The Kier molecular flexibility index (Phi) is 6.02. The number of carbonyl (C=O) groups is 1. The highest BCUT2D eigenvalue weighted by Gasteiger charge is 2.20. The van der Waals surface area contributed by atoms with Crippen LogP contribution in [0.4, 0.5) is 5.69 Å². The summed E-state index contributed by atoms with van der Waals surface area (Å²) in [6, 6.07) is 13.4. The maximum absolute atomic E-state index is 13.0. The van der Waals surface area contributed by atoms with E-state index in [2.05, 4.69) is 23.7 Å². The summed E-state index contributed by atoms with van der Waals surface area (Å²) in [4.78, 5) is 25.9. The Morgan fingerprint density at radius 1 is 1.13 bits per heavy atom. The number of hydrogen-bond donors (Lipinski definition) is 1. The van der Waals surface area contributed by atoms with Crippen LogP contribution < -0.4 is 10.9 Å². The monoisotopic (exact) mass is 417 g/mol. The second kappa shape index (κ2) is 8.52. The standard InChI is InChI=1S/C24H27N5O2/c1-15(2)28-16(3)12-19(17(28)4)13-20(14-25)23(30)26-22-18(5)27(6)29(24(22)31)21-10-8-7-9-11-21/h7-13,15H,1-6H3,(H,26,30)/b20-13+. The van der Waals surface area contributed by atoms with Gasteiger partial charge in [0, 0.05) is 24.5 Å². The van der Waals surface area contributed by atoms with Gasteiger partial charge < -0.3 is 9.88 Å². The van der Waals surface area contributed by atoms with Gasteiger partial charge in [0.25, 0.3) is 11.5 Å². The highest BCUT2D eigenvalue weighted by Crippen LogP contribution is 2.23. The van der Waals surface area contributed by atoms with Gasteiger partial charge in [-0.25, -0.2) is 4.68 Å². The molecule has 0 saturated carbocycles. The maximum atomic E-state index is 13.0. The smallest absolute Gasteiger partial charge is 0.295 e. The lowest BCUT2D eigenvalue weighted by Gasteiger charge is -2.13. The summed E-state index contributed by atoms with van der Waals surface area (Å²) in [5.74, 6) is -0.608. The molecule has 2 aromatic heterocycles. The number of para-hydroxylation sites is 1. The van der Waals surface area contributed by atoms with Crippen molar-refractivity contribution < 1.29 is 4.79 Å². The van der Waals surface area contributed by atoms with Crippen LogP contribution in [0.15, 0.2) is 46.8 Å². The van der Waals surface area contributed by atoms with Crippen molar-refractivity contribution in [1.82, 2.24) is 13.9 Å². The number of rotatable bonds is 5. The second-order valence-corrected chi connectivity index (χ2v) is 7.85. The molecule has 0 saturated heterocycles. The van der Waals surface area contributed by atoms with Crippen LogP contribution in [0.2, 0.25) is 0 Å². The number of nitriles is 1. The first-order chi connectivity index (χ1) is 14.7. The third-order valence-corrected chi connectivity index (χ3v) is 5.50. The van der Waals surface area contributed by atoms with Crippen molar-refractivity contribution in [2.45, 2.75) is 40.7 Å². The molecule has 0 atom stereocenters. The summed E-state index contributed by atoms with van der Waals surface area (Å²) >= 11 is 0. The van der Waals surface area contributed by atoms with Gasteiger partial charge in [0.2, 0.25) is 0 Å². The number of aryl methyl sites for hydroxylation is 1. The van der Waals surface area contributed by atoms with Crippen LogP contribution in [0.1, 0.15) is 42.5 Å². The van der Waals surface area contributed by atoms with Gasteiger partial charge in [0.05, 0.1) is 11.4 Å². The van der Waals surface area contributed by atoms with E-state index in [0.29, 0.717) is 11.4 Å². The number of aromatic nitrogens is 3. The van der Waals surface area contributed by atoms with Crippen molar-refractivity contribution in [2.75, 3.05) is 5.32 Å². The number of nitrogens with zero attached hydrogens (tertiary/aromatic N) is 4. The number of carbonyl (C=O) groups excluding carboxylic acids is 1. The summed E-state index contributed by atoms with van der Waals surface area (Å²) in [7, 11) is 1.75. The molecular formula is C24H27N5O2. The lowest BCUT2D eigenvalue weighted by Crippen LogP contribution is -2.23. The van der Waals surface area contributed by atoms with Crippen molar-refractivity contribution in [3.63, 3.8) is 0 Å². The Labute approximate surface area is 181 Å². The van der Waals surface area contributed by atoms with E-state index in [1.54, 1.807) is 24.7 Å². The predicted octanol–water partition coefficient (Wildman–Crippen LogP) is 4.03. The van der Waals surface area contributed by atoms with Crippen molar-refractivity contribution >= 4 is 17.7 Å². The van der Waals surface area contributed by atoms with Crippen LogP contribution in [-0.2, 0) is 11.8 Å². The molecule has 2 heterocycles. The molecule has 0 bridgehead atoms. The molecule has 3 rings (SSSR count). The van der Waals surface area contributed by atoms with Crippen molar-refractivity contribution in [2.24, 2.45) is 7.05 Å². The number of benzene rings is 1. The van der Waals surface area contributed by atoms with Gasteiger partial charge >= 0.3 is 0 Å². The van der Waals surface area contributed by atoms with E-state index >= 15 is 0 Å². The van der Waals surface area contributed by atoms with E-state index < -0.39 is 5.91 Å². The lowest BCUT2D eigenvalue weighted by molar-refractivity contribution is -0.112. The normalized spacial score (nSPS) is 11.6. The van der Waals surface area contributed by atoms with Gasteiger partial charge in [0.15, 0.2) is 0 Å². The molecule has 1 aromatic carbocycles. The average Bonchev–Trinajstić information content (AvgIpc) is 3.13. The van der Waals surface area contributed by atoms with Crippen LogP contribution in [0.5, 0.6) is 0 Å². The first kappa shape index (κ1) is 21.9. The predicted molar refractivity (Wildman–Crippen MR) is 122 cm³/mol. The maximum Gasteiger partial charge on any atom is 0.295 e. The molecule has 3 aromatic rings. The number of nitrogens with one attached hydrogen (secondary N) is 1. The molecule has 7 nitrogen and oxygen atoms in total. The topological polar surface area (TPSA) is 84.8 Å². The molecule has 0 aliphatic carbocycles. The lowest BCUT2D eigenvalue weighted by atomic mass is 10.1. The van der Waals surface area contributed by atoms with Crippen LogP contribution in [-0.4, -0.2) is 19.8 Å². The minimum atomic E-state index is -0.608. The molecule has 1 N–H and O–H groups in total. The molecule has 31 heavy (non-hydrogen) atoms. The van der Waals surface area contributed by atoms with Crippen molar-refractivity contribution in [3.8, 4) is 11.8 Å². The van der Waals surface area contributed by atoms with Gasteiger partial charge in [-0.1, -0.05) is 18.2 Å². The number of amides is 1. The number of hydrogen-bond acceptors (Lipinski definition) is 3. The quantitative estimate of drug-likeness (QED) is 0.502. The highest BCUT2D eigenvalue weighted by atomic mass is 16.2. The zero-order valence-electron chi connectivity index (χ0n) is 18.7. The van der Waals surface area contributed by atoms with E-state index in [4.69, 9.17) is 0 Å². The minimum absolute atomic E-state index is 0.0575. The molecular weight excluding hydrogens is 390 g/mol. The molecule has 1 amide bonds. The van der Waals surface area contributed by atoms with Crippen LogP contribution in [0, 0.1) is 32.1 Å². The van der Waals surface area contributed by atoms with E-state index in [9.17, 15) is 14.9 Å². The fourth-order valence-corrected chi connectivity index (χ4v) is 3.94. The Balaban J connectivity index is 1.98. The zero-order chi connectivity index (χ0) is 22.9. The first-order valence-corrected chi connectivity index (χ1v) is 10.1. The molecule has 0 fully saturated rings. The van der Waals surface area contributed by atoms with Crippen molar-refractivity contribution in [3.05, 3.63) is 75.0 Å². The van der Waals surface area contributed by atoms with Crippen LogP contribution >= 0.6 is 0 Å². The molecule has 0 radical (unpaired) electrons. The minimum Gasteiger partial charge on any atom is -0.346 e. The highest BCUT2D eigenvalue weighted by molar-refractivity contribution is 6.10. The van der Waals surface area contributed by atoms with E-state index in [1.165, 1.54) is 4.68 Å². The number of anilines is 1. The van der Waals surface area contributed by atoms with Crippen LogP contribution in [0.3, 0.4) is 0 Å².